The molecule has 2 aromatic rings. The molecule has 0 radical (unpaired) electrons. The molecule has 1 N–H and O–H groups in total. The van der Waals surface area contributed by atoms with E-state index in [4.69, 9.17) is 0 Å². The van der Waals surface area contributed by atoms with E-state index in [2.05, 4.69) is 62.4 Å². The van der Waals surface area contributed by atoms with Gasteiger partial charge in [0.25, 0.3) is 5.91 Å². The summed E-state index contributed by atoms with van der Waals surface area (Å²) in [4.78, 5) is 12.6. The molecule has 1 aromatic heterocycles. The van der Waals surface area contributed by atoms with Gasteiger partial charge in [-0.15, -0.1) is 0 Å². The lowest BCUT2D eigenvalue weighted by atomic mass is 9.86. The number of nitrogens with zero attached hydrogens (tertiary/aromatic N) is 2. The molecule has 1 aliphatic rings. The summed E-state index contributed by atoms with van der Waals surface area (Å²) in [7, 11) is 0. The first-order chi connectivity index (χ1) is 12.4. The molecule has 0 spiro atoms. The van der Waals surface area contributed by atoms with Gasteiger partial charge in [0.2, 0.25) is 0 Å². The smallest absolute Gasteiger partial charge is 0.272 e. The first-order valence-electron chi connectivity index (χ1n) is 9.88. The van der Waals surface area contributed by atoms with Gasteiger partial charge < -0.3 is 5.32 Å². The molecule has 0 atom stereocenters. The van der Waals surface area contributed by atoms with E-state index in [1.807, 2.05) is 10.7 Å². The number of amides is 1. The van der Waals surface area contributed by atoms with Crippen molar-refractivity contribution in [1.82, 2.24) is 15.1 Å². The fourth-order valence-electron chi connectivity index (χ4n) is 3.65. The predicted molar refractivity (Wildman–Crippen MR) is 106 cm³/mol. The number of nitrogens with one attached hydrogen (secondary N) is 1. The molecule has 1 saturated carbocycles. The van der Waals surface area contributed by atoms with Gasteiger partial charge in [-0.25, -0.2) is 0 Å². The summed E-state index contributed by atoms with van der Waals surface area (Å²) in [6.45, 7) is 9.44. The second-order valence-corrected chi connectivity index (χ2v) is 8.37. The Kier molecular flexibility index (Phi) is 5.49. The Bertz CT molecular complexity index is 747. The average Bonchev–Trinajstić information content (AvgIpc) is 3.06. The topological polar surface area (TPSA) is 46.9 Å². The maximum absolute atomic E-state index is 12.6. The summed E-state index contributed by atoms with van der Waals surface area (Å²) < 4.78 is 1.92. The second kappa shape index (κ2) is 7.65. The minimum Gasteiger partial charge on any atom is -0.348 e. The molecule has 0 bridgehead atoms. The highest BCUT2D eigenvalue weighted by molar-refractivity contribution is 5.93. The minimum atomic E-state index is -0.0448. The van der Waals surface area contributed by atoms with Gasteiger partial charge in [0.05, 0.1) is 5.69 Å². The van der Waals surface area contributed by atoms with Crippen molar-refractivity contribution in [2.75, 3.05) is 0 Å². The molecule has 0 unspecified atom stereocenters. The summed E-state index contributed by atoms with van der Waals surface area (Å²) in [5, 5.41) is 7.71. The van der Waals surface area contributed by atoms with Gasteiger partial charge in [-0.05, 0) is 42.4 Å². The molecular formula is C22H31N3O. The first-order valence-corrected chi connectivity index (χ1v) is 9.88. The van der Waals surface area contributed by atoms with Gasteiger partial charge in [-0.2, -0.15) is 5.10 Å². The van der Waals surface area contributed by atoms with Gasteiger partial charge in [0, 0.05) is 12.6 Å². The summed E-state index contributed by atoms with van der Waals surface area (Å²) in [6, 6.07) is 10.8. The molecule has 26 heavy (non-hydrogen) atoms. The maximum atomic E-state index is 12.6. The van der Waals surface area contributed by atoms with Crippen LogP contribution < -0.4 is 5.32 Å². The standard InChI is InChI=1S/C22H31N3O/c1-5-25-20(16-11-13-17(14-12-16)22(2,3)4)15-19(24-25)21(26)23-18-9-7-6-8-10-18/h11-15,18H,5-10H2,1-4H3,(H,23,26). The number of aryl methyl sites for hydroxylation is 1. The van der Waals surface area contributed by atoms with Crippen LogP contribution in [0, 0.1) is 0 Å². The van der Waals surface area contributed by atoms with Crippen LogP contribution in [0.2, 0.25) is 0 Å². The largest absolute Gasteiger partial charge is 0.348 e. The molecule has 1 fully saturated rings. The van der Waals surface area contributed by atoms with Gasteiger partial charge in [0.15, 0.2) is 5.69 Å². The molecule has 0 saturated heterocycles. The van der Waals surface area contributed by atoms with E-state index in [1.54, 1.807) is 0 Å². The normalized spacial score (nSPS) is 15.8. The third kappa shape index (κ3) is 4.17. The van der Waals surface area contributed by atoms with Crippen LogP contribution in [-0.2, 0) is 12.0 Å². The Morgan fingerprint density at radius 3 is 2.38 bits per heavy atom. The molecule has 1 aromatic carbocycles. The van der Waals surface area contributed by atoms with Crippen molar-refractivity contribution in [2.24, 2.45) is 0 Å². The monoisotopic (exact) mass is 353 g/mol. The van der Waals surface area contributed by atoms with E-state index in [1.165, 1.54) is 24.8 Å². The van der Waals surface area contributed by atoms with Crippen LogP contribution in [0.15, 0.2) is 30.3 Å². The Morgan fingerprint density at radius 2 is 1.81 bits per heavy atom. The first kappa shape index (κ1) is 18.7. The highest BCUT2D eigenvalue weighted by Crippen LogP contribution is 2.27. The summed E-state index contributed by atoms with van der Waals surface area (Å²) in [5.41, 5.74) is 4.06. The molecular weight excluding hydrogens is 322 g/mol. The fraction of sp³-hybridized carbons (Fsp3) is 0.545. The van der Waals surface area contributed by atoms with Crippen LogP contribution in [0.3, 0.4) is 0 Å². The van der Waals surface area contributed by atoms with Crippen molar-refractivity contribution in [3.05, 3.63) is 41.6 Å². The summed E-state index contributed by atoms with van der Waals surface area (Å²) >= 11 is 0. The van der Waals surface area contributed by atoms with Crippen molar-refractivity contribution < 1.29 is 4.79 Å². The number of aromatic nitrogens is 2. The Balaban J connectivity index is 1.81. The predicted octanol–water partition coefficient (Wildman–Crippen LogP) is 4.93. The minimum absolute atomic E-state index is 0.0448. The van der Waals surface area contributed by atoms with E-state index in [9.17, 15) is 4.79 Å². The third-order valence-electron chi connectivity index (χ3n) is 5.30. The number of carbonyl (C=O) groups is 1. The zero-order chi connectivity index (χ0) is 18.7. The molecule has 140 valence electrons. The lowest BCUT2D eigenvalue weighted by Crippen LogP contribution is -2.36. The van der Waals surface area contributed by atoms with Gasteiger partial charge in [-0.1, -0.05) is 64.3 Å². The van der Waals surface area contributed by atoms with E-state index in [-0.39, 0.29) is 11.3 Å². The third-order valence-corrected chi connectivity index (χ3v) is 5.30. The van der Waals surface area contributed by atoms with Crippen LogP contribution in [0.4, 0.5) is 0 Å². The molecule has 0 aliphatic heterocycles. The van der Waals surface area contributed by atoms with Crippen molar-refractivity contribution >= 4 is 5.91 Å². The zero-order valence-electron chi connectivity index (χ0n) is 16.5. The van der Waals surface area contributed by atoms with Gasteiger partial charge in [-0.3, -0.25) is 9.48 Å². The average molecular weight is 354 g/mol. The van der Waals surface area contributed by atoms with Crippen molar-refractivity contribution in [3.8, 4) is 11.3 Å². The number of benzene rings is 1. The highest BCUT2D eigenvalue weighted by Gasteiger charge is 2.20. The number of rotatable bonds is 4. The maximum Gasteiger partial charge on any atom is 0.272 e. The van der Waals surface area contributed by atoms with E-state index < -0.39 is 0 Å². The summed E-state index contributed by atoms with van der Waals surface area (Å²) in [5.74, 6) is -0.0448. The molecule has 1 amide bonds. The number of carbonyl (C=O) groups excluding carboxylic acids is 1. The van der Waals surface area contributed by atoms with E-state index in [0.717, 1.165) is 30.6 Å². The van der Waals surface area contributed by atoms with Gasteiger partial charge >= 0.3 is 0 Å². The quantitative estimate of drug-likeness (QED) is 0.847. The molecule has 4 nitrogen and oxygen atoms in total. The van der Waals surface area contributed by atoms with E-state index >= 15 is 0 Å². The second-order valence-electron chi connectivity index (χ2n) is 8.37. The van der Waals surface area contributed by atoms with Crippen LogP contribution in [0.5, 0.6) is 0 Å². The lowest BCUT2D eigenvalue weighted by molar-refractivity contribution is 0.0922. The Labute approximate surface area is 157 Å². The van der Waals surface area contributed by atoms with Crippen molar-refractivity contribution in [1.29, 1.82) is 0 Å². The lowest BCUT2D eigenvalue weighted by Gasteiger charge is -2.22. The summed E-state index contributed by atoms with van der Waals surface area (Å²) in [6.07, 6.45) is 5.87. The molecule has 4 heteroatoms. The Hall–Kier alpha value is -2.10. The van der Waals surface area contributed by atoms with Crippen LogP contribution >= 0.6 is 0 Å². The number of hydrogen-bond acceptors (Lipinski definition) is 2. The number of hydrogen-bond donors (Lipinski definition) is 1. The molecule has 1 aliphatic carbocycles. The van der Waals surface area contributed by atoms with Crippen LogP contribution in [0.1, 0.15) is 75.9 Å². The van der Waals surface area contributed by atoms with Gasteiger partial charge in [0.1, 0.15) is 0 Å². The highest BCUT2D eigenvalue weighted by atomic mass is 16.2. The zero-order valence-corrected chi connectivity index (χ0v) is 16.5. The fourth-order valence-corrected chi connectivity index (χ4v) is 3.65. The molecule has 1 heterocycles. The van der Waals surface area contributed by atoms with Crippen LogP contribution in [-0.4, -0.2) is 21.7 Å². The SMILES string of the molecule is CCn1nc(C(=O)NC2CCCCC2)cc1-c1ccc(C(C)(C)C)cc1. The Morgan fingerprint density at radius 1 is 1.15 bits per heavy atom. The molecule has 3 rings (SSSR count). The van der Waals surface area contributed by atoms with Crippen molar-refractivity contribution in [3.63, 3.8) is 0 Å². The van der Waals surface area contributed by atoms with Crippen LogP contribution in [0.25, 0.3) is 11.3 Å². The van der Waals surface area contributed by atoms with Crippen molar-refractivity contribution in [2.45, 2.75) is 77.8 Å². The van der Waals surface area contributed by atoms with E-state index in [0.29, 0.717) is 11.7 Å².